The molecule has 8 amide bonds. The lowest BCUT2D eigenvalue weighted by molar-refractivity contribution is -0.366. The predicted molar refractivity (Wildman–Crippen MR) is 282 cm³/mol. The number of carbonyl (C=O) groups is 9. The number of fused-ring (bicyclic) bond motifs is 2. The SMILES string of the molecule is CCC(C)CC(C)CCCCCCCCC(=O)N[C@H]1C[C@@H](O)[C@@H](O)NC(=O)[C@@H]2[C@@H](O)CCN2C(=O)[C@H]([C@H](O)CC(N)=O)NC(=O)[C@H]([C@H](O)[C@@H](O)c2ccc(OC(=O)CC[NH3+])cc2)NC(=O)[C@@H]2C[C@@H](O)CN2C(=O)[C@H]([C@@H](C)O)NC1=O.[Cl-]. The maximum absolute atomic E-state index is 14.5. The number of nitrogens with one attached hydrogen (secondary N) is 5. The summed E-state index contributed by atoms with van der Waals surface area (Å²) >= 11 is 0. The number of quaternary nitrogens is 1. The molecule has 1 aromatic carbocycles. The highest BCUT2D eigenvalue weighted by molar-refractivity contribution is 5.98. The largest absolute Gasteiger partial charge is 1.00 e. The number of primary amides is 1. The van der Waals surface area contributed by atoms with Gasteiger partial charge in [0.15, 0.2) is 6.23 Å². The Labute approximate surface area is 477 Å². The van der Waals surface area contributed by atoms with Crippen LogP contribution in [0.2, 0.25) is 0 Å². The number of amides is 8. The van der Waals surface area contributed by atoms with Crippen molar-refractivity contribution in [2.75, 3.05) is 19.6 Å². The Morgan fingerprint density at radius 2 is 1.35 bits per heavy atom. The third-order valence-corrected chi connectivity index (χ3v) is 14.9. The highest BCUT2D eigenvalue weighted by atomic mass is 35.5. The van der Waals surface area contributed by atoms with Gasteiger partial charge in [0.05, 0.1) is 43.8 Å². The van der Waals surface area contributed by atoms with Gasteiger partial charge in [-0.2, -0.15) is 0 Å². The zero-order valence-corrected chi connectivity index (χ0v) is 47.2. The van der Waals surface area contributed by atoms with E-state index in [0.717, 1.165) is 50.3 Å². The zero-order valence-electron chi connectivity index (χ0n) is 46.5. The summed E-state index contributed by atoms with van der Waals surface area (Å²) in [5.74, 6) is -9.05. The number of nitrogens with zero attached hydrogens (tertiary/aromatic N) is 2. The van der Waals surface area contributed by atoms with Crippen LogP contribution in [0.3, 0.4) is 0 Å². The van der Waals surface area contributed by atoms with Gasteiger partial charge in [-0.1, -0.05) is 77.8 Å². The van der Waals surface area contributed by atoms with E-state index >= 15 is 0 Å². The van der Waals surface area contributed by atoms with Crippen molar-refractivity contribution >= 4 is 53.2 Å². The van der Waals surface area contributed by atoms with Crippen molar-refractivity contribution in [2.24, 2.45) is 17.6 Å². The summed E-state index contributed by atoms with van der Waals surface area (Å²) in [5, 5.41) is 101. The molecule has 3 aliphatic heterocycles. The summed E-state index contributed by atoms with van der Waals surface area (Å²) in [6.45, 7) is 6.95. The second-order valence-corrected chi connectivity index (χ2v) is 21.6. The van der Waals surface area contributed by atoms with Gasteiger partial charge in [-0.05, 0) is 55.7 Å². The Kier molecular flexibility index (Phi) is 28.8. The second-order valence-electron chi connectivity index (χ2n) is 21.6. The maximum atomic E-state index is 14.5. The molecule has 81 heavy (non-hydrogen) atoms. The van der Waals surface area contributed by atoms with Crippen LogP contribution in [0.25, 0.3) is 0 Å². The fourth-order valence-corrected chi connectivity index (χ4v) is 10.2. The summed E-state index contributed by atoms with van der Waals surface area (Å²) < 4.78 is 5.21. The van der Waals surface area contributed by atoms with E-state index in [4.69, 9.17) is 10.5 Å². The number of benzene rings is 1. The molecule has 28 heteroatoms. The highest BCUT2D eigenvalue weighted by Gasteiger charge is 2.49. The molecule has 0 saturated carbocycles. The molecule has 16 atom stereocenters. The summed E-state index contributed by atoms with van der Waals surface area (Å²) in [5.41, 5.74) is 8.80. The minimum Gasteiger partial charge on any atom is -1.00 e. The summed E-state index contributed by atoms with van der Waals surface area (Å²) in [7, 11) is 0. The third kappa shape index (κ3) is 20.6. The fourth-order valence-electron chi connectivity index (χ4n) is 10.2. The number of esters is 1. The van der Waals surface area contributed by atoms with Crippen molar-refractivity contribution in [2.45, 2.75) is 209 Å². The first kappa shape index (κ1) is 69.6. The van der Waals surface area contributed by atoms with Crippen LogP contribution < -0.4 is 55.2 Å². The normalized spacial score (nSPS) is 27.5. The van der Waals surface area contributed by atoms with Gasteiger partial charge in [0.2, 0.25) is 47.3 Å². The molecule has 2 unspecified atom stereocenters. The van der Waals surface area contributed by atoms with Crippen LogP contribution >= 0.6 is 0 Å². The number of unbranched alkanes of at least 4 members (excludes halogenated alkanes) is 5. The number of ether oxygens (including phenoxy) is 1. The van der Waals surface area contributed by atoms with Gasteiger partial charge >= 0.3 is 5.97 Å². The van der Waals surface area contributed by atoms with Gasteiger partial charge in [-0.25, -0.2) is 0 Å². The molecule has 3 fully saturated rings. The molecule has 27 nitrogen and oxygen atoms in total. The molecular formula is C53H86ClN9O18. The lowest BCUT2D eigenvalue weighted by Crippen LogP contribution is -3.00. The molecule has 3 saturated heterocycles. The first-order valence-electron chi connectivity index (χ1n) is 27.7. The molecule has 18 N–H and O–H groups in total. The standard InChI is InChI=1S/C53H85N9O18.ClH/c1-5-27(2)22-28(3)12-10-8-6-7-9-11-13-39(69)56-33-24-37(67)49(75)60-51(77)44-35(65)19-21-61(44)53(79)42(36(66)25-38(55)68)58-50(76)43(46(72)45(71)30-14-16-32(17-15-30)80-40(70)18-20-54)59-48(74)34-23-31(64)26-62(34)52(78)41(29(4)63)57-47(33)73;/h14-17,27-29,31,33-37,41-46,49,63-67,71-72,75H,5-13,18-26,54H2,1-4H3,(H2,55,68)(H,56,69)(H,57,73)(H,58,76)(H,59,74)(H,60,77);1H/t27?,28?,29-,31-,33+,34+,35+,36-,37-,41+,42+,43+,44+,45+,46+,49-;/m1./s1. The van der Waals surface area contributed by atoms with Gasteiger partial charge in [0.25, 0.3) is 0 Å². The Bertz CT molecular complexity index is 2270. The molecule has 458 valence electrons. The van der Waals surface area contributed by atoms with E-state index < -0.39 is 171 Å². The van der Waals surface area contributed by atoms with Gasteiger partial charge in [-0.15, -0.1) is 0 Å². The van der Waals surface area contributed by atoms with E-state index in [9.17, 15) is 84.0 Å². The fraction of sp³-hybridized carbons (Fsp3) is 0.717. The average Bonchev–Trinajstić information content (AvgIpc) is 4.02. The first-order chi connectivity index (χ1) is 37.8. The number of aliphatic hydroxyl groups excluding tert-OH is 8. The van der Waals surface area contributed by atoms with E-state index in [1.54, 1.807) is 0 Å². The molecule has 0 aliphatic carbocycles. The van der Waals surface area contributed by atoms with Crippen molar-refractivity contribution in [3.05, 3.63) is 29.8 Å². The van der Waals surface area contributed by atoms with E-state index in [-0.39, 0.29) is 49.5 Å². The topological polar surface area (TPSA) is 445 Å². The van der Waals surface area contributed by atoms with Crippen LogP contribution in [0.4, 0.5) is 0 Å². The van der Waals surface area contributed by atoms with Crippen LogP contribution in [0, 0.1) is 11.8 Å². The molecule has 3 aliphatic rings. The number of hydrogen-bond acceptors (Lipinski definition) is 18. The molecule has 0 spiro atoms. The number of hydrogen-bond donors (Lipinski definition) is 15. The zero-order chi connectivity index (χ0) is 59.5. The van der Waals surface area contributed by atoms with Crippen LogP contribution in [-0.4, -0.2) is 203 Å². The van der Waals surface area contributed by atoms with Crippen LogP contribution in [0.5, 0.6) is 5.75 Å². The van der Waals surface area contributed by atoms with Crippen LogP contribution in [0.1, 0.15) is 136 Å². The predicted octanol–water partition coefficient (Wildman–Crippen LogP) is -7.51. The van der Waals surface area contributed by atoms with Crippen molar-refractivity contribution in [3.63, 3.8) is 0 Å². The number of nitrogens with two attached hydrogens (primary N) is 1. The number of halogens is 1. The molecule has 0 bridgehead atoms. The molecule has 0 aromatic heterocycles. The van der Waals surface area contributed by atoms with Gasteiger partial charge in [-0.3, -0.25) is 43.2 Å². The molecule has 3 heterocycles. The maximum Gasteiger partial charge on any atom is 0.316 e. The van der Waals surface area contributed by atoms with Crippen molar-refractivity contribution in [3.8, 4) is 5.75 Å². The Hall–Kier alpha value is -5.62. The number of carbonyl (C=O) groups excluding carboxylic acids is 9. The summed E-state index contributed by atoms with van der Waals surface area (Å²) in [6.07, 6.45) is -10.5. The molecular weight excluding hydrogens is 1090 g/mol. The van der Waals surface area contributed by atoms with Crippen molar-refractivity contribution < 1.29 is 107 Å². The van der Waals surface area contributed by atoms with E-state index in [0.29, 0.717) is 29.6 Å². The smallest absolute Gasteiger partial charge is 0.316 e. The highest BCUT2D eigenvalue weighted by Crippen LogP contribution is 2.27. The van der Waals surface area contributed by atoms with E-state index in [1.807, 2.05) is 0 Å². The molecule has 1 aromatic rings. The van der Waals surface area contributed by atoms with Crippen molar-refractivity contribution in [1.82, 2.24) is 36.4 Å². The van der Waals surface area contributed by atoms with Gasteiger partial charge in [0.1, 0.15) is 60.3 Å². The summed E-state index contributed by atoms with van der Waals surface area (Å²) in [4.78, 5) is 125. The van der Waals surface area contributed by atoms with E-state index in [2.05, 4.69) is 53.1 Å². The minimum absolute atomic E-state index is 0. The van der Waals surface area contributed by atoms with E-state index in [1.165, 1.54) is 30.7 Å². The Morgan fingerprint density at radius 3 is 1.96 bits per heavy atom. The van der Waals surface area contributed by atoms with Crippen molar-refractivity contribution in [1.29, 1.82) is 0 Å². The van der Waals surface area contributed by atoms with Gasteiger partial charge < -0.3 is 106 Å². The Balaban J connectivity index is 0.0000172. The monoisotopic (exact) mass is 1170 g/mol. The average molecular weight is 1170 g/mol. The number of rotatable bonds is 23. The molecule has 0 radical (unpaired) electrons. The van der Waals surface area contributed by atoms with Crippen LogP contribution in [0.15, 0.2) is 24.3 Å². The third-order valence-electron chi connectivity index (χ3n) is 14.9. The number of aliphatic hydroxyl groups is 8. The first-order valence-corrected chi connectivity index (χ1v) is 27.7. The second kappa shape index (κ2) is 33.5. The van der Waals surface area contributed by atoms with Gasteiger partial charge in [0, 0.05) is 32.4 Å². The lowest BCUT2D eigenvalue weighted by Gasteiger charge is -2.34. The molecule has 4 rings (SSSR count). The van der Waals surface area contributed by atoms with Crippen LogP contribution in [-0.2, 0) is 43.2 Å². The Morgan fingerprint density at radius 1 is 0.741 bits per heavy atom. The summed E-state index contributed by atoms with van der Waals surface area (Å²) in [6, 6.07) is -7.20. The lowest BCUT2D eigenvalue weighted by atomic mass is 9.91. The minimum atomic E-state index is -2.40. The quantitative estimate of drug-likeness (QED) is 0.0275.